The fourth-order valence-corrected chi connectivity index (χ4v) is 3.55. The van der Waals surface area contributed by atoms with Crippen LogP contribution in [-0.2, 0) is 9.53 Å². The Bertz CT molecular complexity index is 1210. The second kappa shape index (κ2) is 8.85. The second-order valence-corrected chi connectivity index (χ2v) is 7.01. The van der Waals surface area contributed by atoms with Crippen molar-refractivity contribution in [2.75, 3.05) is 7.11 Å². The van der Waals surface area contributed by atoms with Crippen LogP contribution in [0.25, 0.3) is 10.9 Å². The zero-order chi connectivity index (χ0) is 21.8. The molecule has 3 aromatic carbocycles. The molecule has 1 heterocycles. The fraction of sp³-hybridized carbons (Fsp3) is 0.120. The Kier molecular flexibility index (Phi) is 5.82. The molecular formula is C25H21NO5. The average Bonchev–Trinajstić information content (AvgIpc) is 2.82. The largest absolute Gasteiger partial charge is 0.495 e. The fourth-order valence-electron chi connectivity index (χ4n) is 3.55. The molecule has 0 saturated carbocycles. The van der Waals surface area contributed by atoms with Crippen molar-refractivity contribution >= 4 is 16.9 Å². The third-order valence-electron chi connectivity index (χ3n) is 5.07. The van der Waals surface area contributed by atoms with E-state index in [1.807, 2.05) is 60.7 Å². The molecule has 0 saturated heterocycles. The number of aliphatic hydroxyl groups is 1. The molecule has 0 fully saturated rings. The summed E-state index contributed by atoms with van der Waals surface area (Å²) in [5, 5.41) is 11.4. The predicted molar refractivity (Wildman–Crippen MR) is 117 cm³/mol. The summed E-state index contributed by atoms with van der Waals surface area (Å²) in [4.78, 5) is 27.4. The Morgan fingerprint density at radius 2 is 1.48 bits per heavy atom. The zero-order valence-electron chi connectivity index (χ0n) is 16.8. The highest BCUT2D eigenvalue weighted by Crippen LogP contribution is 2.32. The number of aromatic amines is 1. The minimum Gasteiger partial charge on any atom is -0.495 e. The number of ether oxygens (including phenoxy) is 2. The average molecular weight is 415 g/mol. The van der Waals surface area contributed by atoms with Crippen molar-refractivity contribution < 1.29 is 19.4 Å². The molecule has 0 bridgehead atoms. The summed E-state index contributed by atoms with van der Waals surface area (Å²) in [6.07, 6.45) is -2.22. The normalized spacial score (nSPS) is 12.0. The van der Waals surface area contributed by atoms with Crippen molar-refractivity contribution in [1.82, 2.24) is 4.98 Å². The molecule has 0 aliphatic heterocycles. The lowest BCUT2D eigenvalue weighted by Gasteiger charge is -2.21. The third-order valence-corrected chi connectivity index (χ3v) is 5.07. The number of fused-ring (bicyclic) bond motifs is 1. The summed E-state index contributed by atoms with van der Waals surface area (Å²) < 4.78 is 11.1. The van der Waals surface area contributed by atoms with Gasteiger partial charge in [-0.3, -0.25) is 4.79 Å². The molecule has 31 heavy (non-hydrogen) atoms. The van der Waals surface area contributed by atoms with Gasteiger partial charge in [-0.25, -0.2) is 4.79 Å². The van der Waals surface area contributed by atoms with Gasteiger partial charge in [-0.15, -0.1) is 0 Å². The molecule has 4 aromatic rings. The molecular weight excluding hydrogens is 394 g/mol. The Labute approximate surface area is 178 Å². The highest BCUT2D eigenvalue weighted by Gasteiger charge is 2.27. The molecule has 0 amide bonds. The molecule has 0 aliphatic rings. The highest BCUT2D eigenvalue weighted by atomic mass is 16.6. The quantitative estimate of drug-likeness (QED) is 0.466. The van der Waals surface area contributed by atoms with E-state index in [0.29, 0.717) is 22.2 Å². The van der Waals surface area contributed by atoms with Gasteiger partial charge in [0, 0.05) is 17.0 Å². The number of aromatic nitrogens is 1. The van der Waals surface area contributed by atoms with Gasteiger partial charge in [-0.2, -0.15) is 0 Å². The molecule has 0 spiro atoms. The van der Waals surface area contributed by atoms with Gasteiger partial charge >= 0.3 is 5.97 Å². The van der Waals surface area contributed by atoms with Gasteiger partial charge in [0.25, 0.3) is 0 Å². The summed E-state index contributed by atoms with van der Waals surface area (Å²) >= 11 is 0. The number of hydrogen-bond acceptors (Lipinski definition) is 5. The van der Waals surface area contributed by atoms with E-state index in [-0.39, 0.29) is 5.56 Å². The first-order valence-electron chi connectivity index (χ1n) is 9.77. The number of aliphatic hydroxyl groups excluding tert-OH is 1. The van der Waals surface area contributed by atoms with Crippen LogP contribution in [0, 0.1) is 0 Å². The maximum absolute atomic E-state index is 13.0. The van der Waals surface area contributed by atoms with Crippen LogP contribution in [0.3, 0.4) is 0 Å². The first-order valence-corrected chi connectivity index (χ1v) is 9.77. The van der Waals surface area contributed by atoms with Crippen LogP contribution in [0.4, 0.5) is 0 Å². The van der Waals surface area contributed by atoms with Crippen molar-refractivity contribution in [2.24, 2.45) is 0 Å². The molecule has 0 aliphatic carbocycles. The van der Waals surface area contributed by atoms with Gasteiger partial charge in [0.15, 0.2) is 12.2 Å². The van der Waals surface area contributed by atoms with E-state index in [9.17, 15) is 14.7 Å². The molecule has 4 rings (SSSR count). The van der Waals surface area contributed by atoms with Gasteiger partial charge in [0.1, 0.15) is 5.75 Å². The summed E-state index contributed by atoms with van der Waals surface area (Å²) in [6.45, 7) is 0. The van der Waals surface area contributed by atoms with Crippen molar-refractivity contribution in [3.8, 4) is 5.75 Å². The number of rotatable bonds is 6. The summed E-state index contributed by atoms with van der Waals surface area (Å²) in [6, 6.07) is 24.7. The molecule has 1 unspecified atom stereocenters. The van der Waals surface area contributed by atoms with E-state index in [0.717, 1.165) is 11.1 Å². The third kappa shape index (κ3) is 4.20. The van der Waals surface area contributed by atoms with Crippen molar-refractivity contribution in [3.05, 3.63) is 112 Å². The van der Waals surface area contributed by atoms with Crippen LogP contribution in [-0.4, -0.2) is 23.2 Å². The number of benzene rings is 3. The van der Waals surface area contributed by atoms with Crippen LogP contribution in [0.2, 0.25) is 0 Å². The summed E-state index contributed by atoms with van der Waals surface area (Å²) in [7, 11) is 1.48. The molecule has 6 heteroatoms. The molecule has 0 radical (unpaired) electrons. The molecule has 1 atom stereocenters. The van der Waals surface area contributed by atoms with E-state index in [1.165, 1.54) is 13.2 Å². The minimum atomic E-state index is -1.55. The Morgan fingerprint density at radius 1 is 0.871 bits per heavy atom. The van der Waals surface area contributed by atoms with Crippen LogP contribution < -0.4 is 10.3 Å². The minimum absolute atomic E-state index is 0.312. The van der Waals surface area contributed by atoms with Gasteiger partial charge in [-0.05, 0) is 23.3 Å². The first kappa shape index (κ1) is 20.4. The molecule has 6 nitrogen and oxygen atoms in total. The monoisotopic (exact) mass is 415 g/mol. The number of pyridine rings is 1. The SMILES string of the molecule is COc1ccc(C(O)C(=O)OC(c2ccccc2)c2ccccc2)c2ccc(=O)[nH]c12. The highest BCUT2D eigenvalue weighted by molar-refractivity contribution is 5.91. The number of nitrogens with one attached hydrogen (secondary N) is 1. The van der Waals surface area contributed by atoms with Gasteiger partial charge in [0.05, 0.1) is 12.6 Å². The topological polar surface area (TPSA) is 88.6 Å². The van der Waals surface area contributed by atoms with E-state index in [4.69, 9.17) is 9.47 Å². The van der Waals surface area contributed by atoms with Crippen LogP contribution in [0.5, 0.6) is 5.75 Å². The van der Waals surface area contributed by atoms with Gasteiger partial charge in [-0.1, -0.05) is 66.7 Å². The number of carbonyl (C=O) groups is 1. The van der Waals surface area contributed by atoms with Gasteiger partial charge in [0.2, 0.25) is 5.56 Å². The molecule has 1 aromatic heterocycles. The Hall–Kier alpha value is -3.90. The first-order chi connectivity index (χ1) is 15.1. The Morgan fingerprint density at radius 3 is 2.06 bits per heavy atom. The molecule has 2 N–H and O–H groups in total. The number of carbonyl (C=O) groups excluding carboxylic acids is 1. The zero-order valence-corrected chi connectivity index (χ0v) is 16.8. The lowest BCUT2D eigenvalue weighted by Crippen LogP contribution is -2.20. The second-order valence-electron chi connectivity index (χ2n) is 7.01. The maximum Gasteiger partial charge on any atom is 0.340 e. The number of esters is 1. The van der Waals surface area contributed by atoms with E-state index >= 15 is 0 Å². The van der Waals surface area contributed by atoms with Crippen LogP contribution in [0.15, 0.2) is 89.7 Å². The van der Waals surface area contributed by atoms with Crippen molar-refractivity contribution in [3.63, 3.8) is 0 Å². The lowest BCUT2D eigenvalue weighted by atomic mass is 10.0. The standard InChI is InChI=1S/C25H21NO5/c1-30-20-14-12-19(18-13-15-21(27)26-22(18)20)23(28)25(29)31-24(16-8-4-2-5-9-16)17-10-6-3-7-11-17/h2-15,23-24,28H,1H3,(H,26,27). The maximum atomic E-state index is 13.0. The smallest absolute Gasteiger partial charge is 0.340 e. The Balaban J connectivity index is 1.70. The number of H-pyrrole nitrogens is 1. The van der Waals surface area contributed by atoms with Crippen molar-refractivity contribution in [2.45, 2.75) is 12.2 Å². The molecule has 156 valence electrons. The van der Waals surface area contributed by atoms with Crippen LogP contribution >= 0.6 is 0 Å². The van der Waals surface area contributed by atoms with Crippen molar-refractivity contribution in [1.29, 1.82) is 0 Å². The van der Waals surface area contributed by atoms with Crippen LogP contribution in [0.1, 0.15) is 28.9 Å². The van der Waals surface area contributed by atoms with E-state index in [2.05, 4.69) is 4.98 Å². The number of methoxy groups -OCH3 is 1. The summed E-state index contributed by atoms with van der Waals surface area (Å²) in [5.41, 5.74) is 1.99. The van der Waals surface area contributed by atoms with Gasteiger partial charge < -0.3 is 19.6 Å². The lowest BCUT2D eigenvalue weighted by molar-refractivity contribution is -0.158. The van der Waals surface area contributed by atoms with E-state index < -0.39 is 18.2 Å². The predicted octanol–water partition coefficient (Wildman–Crippen LogP) is 3.90. The number of hydrogen-bond donors (Lipinski definition) is 2. The van der Waals surface area contributed by atoms with E-state index in [1.54, 1.807) is 18.2 Å². The summed E-state index contributed by atoms with van der Waals surface area (Å²) in [5.74, 6) is -0.362.